The Kier molecular flexibility index (Phi) is 9.16. The predicted molar refractivity (Wildman–Crippen MR) is 127 cm³/mol. The fraction of sp³-hybridized carbons (Fsp3) is 0.619. The SMILES string of the molecule is CN=C(NCc1cccc(C(=O)NCCN(C)C)c1)N1CCC2(CCOC2)C1.I. The average Bonchev–Trinajstić information content (AvgIpc) is 3.32. The van der Waals surface area contributed by atoms with E-state index in [9.17, 15) is 4.79 Å². The van der Waals surface area contributed by atoms with Crippen LogP contribution in [0.5, 0.6) is 0 Å². The third-order valence-corrected chi connectivity index (χ3v) is 5.62. The maximum Gasteiger partial charge on any atom is 0.251 e. The number of guanidine groups is 1. The van der Waals surface area contributed by atoms with Crippen LogP contribution in [0.15, 0.2) is 29.3 Å². The van der Waals surface area contributed by atoms with Gasteiger partial charge >= 0.3 is 0 Å². The van der Waals surface area contributed by atoms with Gasteiger partial charge in [-0.25, -0.2) is 0 Å². The van der Waals surface area contributed by atoms with Crippen LogP contribution in [0.4, 0.5) is 0 Å². The summed E-state index contributed by atoms with van der Waals surface area (Å²) in [6.45, 7) is 5.87. The molecule has 29 heavy (non-hydrogen) atoms. The fourth-order valence-corrected chi connectivity index (χ4v) is 3.92. The smallest absolute Gasteiger partial charge is 0.251 e. The van der Waals surface area contributed by atoms with Gasteiger partial charge in [-0.2, -0.15) is 0 Å². The van der Waals surface area contributed by atoms with Crippen molar-refractivity contribution >= 4 is 35.8 Å². The molecule has 0 bridgehead atoms. The molecule has 0 aromatic heterocycles. The number of halogens is 1. The highest BCUT2D eigenvalue weighted by Crippen LogP contribution is 2.38. The molecule has 1 aromatic rings. The van der Waals surface area contributed by atoms with Crippen LogP contribution in [0, 0.1) is 5.41 Å². The number of carbonyl (C=O) groups is 1. The zero-order valence-electron chi connectivity index (χ0n) is 17.7. The average molecular weight is 515 g/mol. The lowest BCUT2D eigenvalue weighted by Gasteiger charge is -2.25. The molecule has 2 aliphatic heterocycles. The minimum Gasteiger partial charge on any atom is -0.381 e. The predicted octanol–water partition coefficient (Wildman–Crippen LogP) is 1.78. The Morgan fingerprint density at radius 2 is 2.14 bits per heavy atom. The Hall–Kier alpha value is -1.39. The number of ether oxygens (including phenoxy) is 1. The van der Waals surface area contributed by atoms with Gasteiger partial charge in [-0.3, -0.25) is 9.79 Å². The first-order valence-corrected chi connectivity index (χ1v) is 10.1. The van der Waals surface area contributed by atoms with Gasteiger partial charge in [0, 0.05) is 57.4 Å². The van der Waals surface area contributed by atoms with Gasteiger partial charge in [0.15, 0.2) is 5.96 Å². The number of hydrogen-bond acceptors (Lipinski definition) is 4. The van der Waals surface area contributed by atoms with Gasteiger partial charge in [0.2, 0.25) is 0 Å². The van der Waals surface area contributed by atoms with Crippen molar-refractivity contribution < 1.29 is 9.53 Å². The van der Waals surface area contributed by atoms with E-state index in [2.05, 4.69) is 20.5 Å². The summed E-state index contributed by atoms with van der Waals surface area (Å²) in [5.74, 6) is 0.889. The summed E-state index contributed by atoms with van der Waals surface area (Å²) < 4.78 is 5.62. The van der Waals surface area contributed by atoms with Crippen LogP contribution in [0.2, 0.25) is 0 Å². The standard InChI is InChI=1S/C21H33N5O2.HI/c1-22-20(26-10-7-21(15-26)8-12-28-16-21)24-14-17-5-4-6-18(13-17)19(27)23-9-11-25(2)3;/h4-6,13H,7-12,14-16H2,1-3H3,(H,22,24)(H,23,27);1H. The van der Waals surface area contributed by atoms with Gasteiger partial charge in [-0.1, -0.05) is 12.1 Å². The number of nitrogens with zero attached hydrogens (tertiary/aromatic N) is 3. The third-order valence-electron chi connectivity index (χ3n) is 5.62. The number of carbonyl (C=O) groups excluding carboxylic acids is 1. The Morgan fingerprint density at radius 3 is 2.83 bits per heavy atom. The fourth-order valence-electron chi connectivity index (χ4n) is 3.92. The minimum absolute atomic E-state index is 0. The second kappa shape index (κ2) is 11.1. The molecule has 1 atom stereocenters. The van der Waals surface area contributed by atoms with E-state index in [1.54, 1.807) is 0 Å². The van der Waals surface area contributed by atoms with Crippen LogP contribution >= 0.6 is 24.0 Å². The number of aliphatic imine (C=N–C) groups is 1. The number of benzene rings is 1. The van der Waals surface area contributed by atoms with Gasteiger partial charge < -0.3 is 25.2 Å². The summed E-state index contributed by atoms with van der Waals surface area (Å²) in [5, 5.41) is 6.42. The van der Waals surface area contributed by atoms with E-state index < -0.39 is 0 Å². The molecule has 2 aliphatic rings. The van der Waals surface area contributed by atoms with Crippen molar-refractivity contribution in [2.45, 2.75) is 19.4 Å². The zero-order chi connectivity index (χ0) is 20.0. The van der Waals surface area contributed by atoms with Crippen molar-refractivity contribution in [2.24, 2.45) is 10.4 Å². The zero-order valence-corrected chi connectivity index (χ0v) is 20.1. The Labute approximate surface area is 191 Å². The highest BCUT2D eigenvalue weighted by atomic mass is 127. The van der Waals surface area contributed by atoms with Gasteiger partial charge in [0.25, 0.3) is 5.91 Å². The molecule has 0 saturated carbocycles. The Morgan fingerprint density at radius 1 is 1.31 bits per heavy atom. The highest BCUT2D eigenvalue weighted by molar-refractivity contribution is 14.0. The number of likely N-dealkylation sites (tertiary alicyclic amines) is 1. The Bertz CT molecular complexity index is 704. The first-order chi connectivity index (χ1) is 13.5. The Balaban J connectivity index is 0.00000300. The number of likely N-dealkylation sites (N-methyl/N-ethyl adjacent to an activating group) is 1. The number of amides is 1. The molecular weight excluding hydrogens is 481 g/mol. The van der Waals surface area contributed by atoms with E-state index in [4.69, 9.17) is 4.74 Å². The molecule has 7 nitrogen and oxygen atoms in total. The van der Waals surface area contributed by atoms with Crippen LogP contribution in [0.1, 0.15) is 28.8 Å². The number of nitrogens with one attached hydrogen (secondary N) is 2. The largest absolute Gasteiger partial charge is 0.381 e. The summed E-state index contributed by atoms with van der Waals surface area (Å²) in [6.07, 6.45) is 2.31. The van der Waals surface area contributed by atoms with E-state index >= 15 is 0 Å². The summed E-state index contributed by atoms with van der Waals surface area (Å²) in [7, 11) is 5.81. The normalized spacial score (nSPS) is 21.5. The quantitative estimate of drug-likeness (QED) is 0.344. The first kappa shape index (κ1) is 23.9. The van der Waals surface area contributed by atoms with Crippen molar-refractivity contribution in [3.05, 3.63) is 35.4 Å². The van der Waals surface area contributed by atoms with E-state index in [1.807, 2.05) is 50.3 Å². The monoisotopic (exact) mass is 515 g/mol. The highest BCUT2D eigenvalue weighted by Gasteiger charge is 2.42. The van der Waals surface area contributed by atoms with E-state index in [-0.39, 0.29) is 29.9 Å². The molecule has 2 saturated heterocycles. The van der Waals surface area contributed by atoms with E-state index in [0.29, 0.717) is 24.1 Å². The lowest BCUT2D eigenvalue weighted by atomic mass is 9.87. The number of hydrogen-bond donors (Lipinski definition) is 2. The molecule has 8 heteroatoms. The summed E-state index contributed by atoms with van der Waals surface area (Å²) in [6, 6.07) is 7.77. The topological polar surface area (TPSA) is 69.2 Å². The van der Waals surface area contributed by atoms with Crippen molar-refractivity contribution in [2.75, 3.05) is 60.5 Å². The van der Waals surface area contributed by atoms with Gasteiger partial charge in [0.1, 0.15) is 0 Å². The molecule has 1 amide bonds. The van der Waals surface area contributed by atoms with Crippen LogP contribution in [-0.4, -0.2) is 82.2 Å². The summed E-state index contributed by atoms with van der Waals surface area (Å²) >= 11 is 0. The van der Waals surface area contributed by atoms with Crippen LogP contribution in [-0.2, 0) is 11.3 Å². The molecule has 162 valence electrons. The minimum atomic E-state index is -0.0317. The van der Waals surface area contributed by atoms with Crippen molar-refractivity contribution in [3.8, 4) is 0 Å². The summed E-state index contributed by atoms with van der Waals surface area (Å²) in [5.41, 5.74) is 2.07. The lowest BCUT2D eigenvalue weighted by molar-refractivity contribution is 0.0951. The maximum atomic E-state index is 12.3. The first-order valence-electron chi connectivity index (χ1n) is 10.1. The van der Waals surface area contributed by atoms with Gasteiger partial charge in [-0.15, -0.1) is 24.0 Å². The van der Waals surface area contributed by atoms with Crippen LogP contribution < -0.4 is 10.6 Å². The molecule has 1 unspecified atom stereocenters. The van der Waals surface area contributed by atoms with Gasteiger partial charge in [-0.05, 0) is 44.6 Å². The van der Waals surface area contributed by atoms with E-state index in [1.165, 1.54) is 0 Å². The number of rotatable bonds is 6. The molecule has 2 fully saturated rings. The molecule has 2 heterocycles. The molecule has 3 rings (SSSR count). The molecule has 0 aliphatic carbocycles. The van der Waals surface area contributed by atoms with Crippen LogP contribution in [0.25, 0.3) is 0 Å². The maximum absolute atomic E-state index is 12.3. The molecule has 1 spiro atoms. The second-order valence-electron chi connectivity index (χ2n) is 8.13. The molecule has 0 radical (unpaired) electrons. The third kappa shape index (κ3) is 6.55. The van der Waals surface area contributed by atoms with Gasteiger partial charge in [0.05, 0.1) is 6.61 Å². The lowest BCUT2D eigenvalue weighted by Crippen LogP contribution is -2.41. The molecule has 2 N–H and O–H groups in total. The van der Waals surface area contributed by atoms with Crippen molar-refractivity contribution in [1.29, 1.82) is 0 Å². The second-order valence-corrected chi connectivity index (χ2v) is 8.13. The summed E-state index contributed by atoms with van der Waals surface area (Å²) in [4.78, 5) is 21.2. The molecular formula is C21H34IN5O2. The van der Waals surface area contributed by atoms with Crippen molar-refractivity contribution in [3.63, 3.8) is 0 Å². The van der Waals surface area contributed by atoms with Crippen molar-refractivity contribution in [1.82, 2.24) is 20.4 Å². The van der Waals surface area contributed by atoms with Crippen LogP contribution in [0.3, 0.4) is 0 Å². The van der Waals surface area contributed by atoms with E-state index in [0.717, 1.165) is 57.2 Å². The molecule has 1 aromatic carbocycles.